The van der Waals surface area contributed by atoms with E-state index < -0.39 is 4.92 Å². The zero-order valence-electron chi connectivity index (χ0n) is 9.51. The van der Waals surface area contributed by atoms with Gasteiger partial charge in [0.2, 0.25) is 0 Å². The van der Waals surface area contributed by atoms with Crippen LogP contribution in [0.5, 0.6) is 0 Å². The highest BCUT2D eigenvalue weighted by Gasteiger charge is 2.12. The van der Waals surface area contributed by atoms with Gasteiger partial charge in [0.1, 0.15) is 11.9 Å². The van der Waals surface area contributed by atoms with Gasteiger partial charge in [-0.3, -0.25) is 0 Å². The van der Waals surface area contributed by atoms with Crippen LogP contribution < -0.4 is 5.32 Å². The van der Waals surface area contributed by atoms with E-state index in [0.717, 1.165) is 13.1 Å². The molecule has 16 heavy (non-hydrogen) atoms. The summed E-state index contributed by atoms with van der Waals surface area (Å²) in [5, 5.41) is 13.7. The van der Waals surface area contributed by atoms with E-state index in [1.807, 2.05) is 7.05 Å². The van der Waals surface area contributed by atoms with Crippen molar-refractivity contribution < 1.29 is 4.92 Å². The Morgan fingerprint density at radius 3 is 3.00 bits per heavy atom. The summed E-state index contributed by atoms with van der Waals surface area (Å²) in [6.45, 7) is 4.52. The first-order valence-electron chi connectivity index (χ1n) is 5.17. The monoisotopic (exact) mass is 224 g/mol. The Balaban J connectivity index is 2.56. The van der Waals surface area contributed by atoms with E-state index in [2.05, 4.69) is 22.1 Å². The van der Waals surface area contributed by atoms with Crippen molar-refractivity contribution in [2.24, 2.45) is 0 Å². The molecule has 0 fully saturated rings. The first-order valence-corrected chi connectivity index (χ1v) is 5.17. The lowest BCUT2D eigenvalue weighted by molar-refractivity contribution is -0.388. The molecule has 1 N–H and O–H groups in total. The van der Waals surface area contributed by atoms with Crippen molar-refractivity contribution in [2.75, 3.05) is 32.0 Å². The van der Waals surface area contributed by atoms with E-state index in [1.165, 1.54) is 6.20 Å². The molecule has 1 rings (SSSR count). The number of rotatable bonds is 6. The van der Waals surface area contributed by atoms with Gasteiger partial charge in [-0.1, -0.05) is 6.92 Å². The maximum Gasteiger partial charge on any atom is 0.386 e. The smallest absolute Gasteiger partial charge is 0.377 e. The maximum absolute atomic E-state index is 10.7. The van der Waals surface area contributed by atoms with Crippen LogP contribution in [0.4, 0.5) is 11.5 Å². The molecule has 1 heterocycles. The Labute approximate surface area is 94.4 Å². The van der Waals surface area contributed by atoms with Gasteiger partial charge in [0.25, 0.3) is 0 Å². The van der Waals surface area contributed by atoms with Crippen LogP contribution in [-0.2, 0) is 0 Å². The van der Waals surface area contributed by atoms with Gasteiger partial charge in [-0.2, -0.15) is 0 Å². The summed E-state index contributed by atoms with van der Waals surface area (Å²) >= 11 is 0. The zero-order chi connectivity index (χ0) is 12.0. The number of likely N-dealkylation sites (N-methyl/N-ethyl adjacent to an activating group) is 1. The highest BCUT2D eigenvalue weighted by Crippen LogP contribution is 2.19. The van der Waals surface area contributed by atoms with Crippen molar-refractivity contribution in [3.8, 4) is 0 Å². The highest BCUT2D eigenvalue weighted by molar-refractivity contribution is 5.56. The van der Waals surface area contributed by atoms with E-state index >= 15 is 0 Å². The number of hydrogen-bond acceptors (Lipinski definition) is 5. The van der Waals surface area contributed by atoms with E-state index in [1.54, 1.807) is 12.1 Å². The SMILES string of the molecule is CCN(C)CCNc1cccnc1[N+](=O)[O-]. The Hall–Kier alpha value is -1.69. The summed E-state index contributed by atoms with van der Waals surface area (Å²) in [6.07, 6.45) is 1.42. The van der Waals surface area contributed by atoms with Crippen LogP contribution in [0.15, 0.2) is 18.3 Å². The van der Waals surface area contributed by atoms with E-state index in [9.17, 15) is 10.1 Å². The van der Waals surface area contributed by atoms with Gasteiger partial charge in [0, 0.05) is 13.1 Å². The molecule has 0 unspecified atom stereocenters. The molecule has 0 bridgehead atoms. The van der Waals surface area contributed by atoms with Crippen LogP contribution in [-0.4, -0.2) is 41.5 Å². The lowest BCUT2D eigenvalue weighted by Gasteiger charge is -2.14. The third-order valence-electron chi connectivity index (χ3n) is 2.31. The molecule has 0 amide bonds. The predicted octanol–water partition coefficient (Wildman–Crippen LogP) is 1.35. The third kappa shape index (κ3) is 3.47. The summed E-state index contributed by atoms with van der Waals surface area (Å²) in [7, 11) is 2.00. The van der Waals surface area contributed by atoms with Crippen molar-refractivity contribution in [3.05, 3.63) is 28.4 Å². The standard InChI is InChI=1S/C10H16N4O2/c1-3-13(2)8-7-11-9-5-4-6-12-10(9)14(15)16/h4-6,11H,3,7-8H2,1-2H3. The number of hydrogen-bond donors (Lipinski definition) is 1. The van der Waals surface area contributed by atoms with Crippen LogP contribution in [0.3, 0.4) is 0 Å². The summed E-state index contributed by atoms with van der Waals surface area (Å²) in [6, 6.07) is 3.34. The van der Waals surface area contributed by atoms with Crippen molar-refractivity contribution in [1.29, 1.82) is 0 Å². The molecule has 6 heteroatoms. The summed E-state index contributed by atoms with van der Waals surface area (Å²) in [4.78, 5) is 16.0. The number of aromatic nitrogens is 1. The molecule has 0 atom stereocenters. The van der Waals surface area contributed by atoms with Gasteiger partial charge < -0.3 is 20.3 Å². The average molecular weight is 224 g/mol. The van der Waals surface area contributed by atoms with Crippen molar-refractivity contribution in [3.63, 3.8) is 0 Å². The summed E-state index contributed by atoms with van der Waals surface area (Å²) in [5.41, 5.74) is 0.469. The Morgan fingerprint density at radius 1 is 1.62 bits per heavy atom. The summed E-state index contributed by atoms with van der Waals surface area (Å²) in [5.74, 6) is -0.123. The second-order valence-corrected chi connectivity index (χ2v) is 3.45. The van der Waals surface area contributed by atoms with Gasteiger partial charge in [0.05, 0.1) is 0 Å². The largest absolute Gasteiger partial charge is 0.386 e. The van der Waals surface area contributed by atoms with Gasteiger partial charge in [0.15, 0.2) is 0 Å². The number of pyridine rings is 1. The molecular weight excluding hydrogens is 208 g/mol. The molecule has 0 aromatic carbocycles. The van der Waals surface area contributed by atoms with E-state index in [-0.39, 0.29) is 5.82 Å². The third-order valence-corrected chi connectivity index (χ3v) is 2.31. The van der Waals surface area contributed by atoms with Gasteiger partial charge in [-0.15, -0.1) is 0 Å². The molecule has 0 spiro atoms. The molecule has 0 aliphatic carbocycles. The lowest BCUT2D eigenvalue weighted by atomic mass is 10.4. The molecule has 6 nitrogen and oxygen atoms in total. The fourth-order valence-electron chi connectivity index (χ4n) is 1.22. The Morgan fingerprint density at radius 2 is 2.38 bits per heavy atom. The quantitative estimate of drug-likeness (QED) is 0.583. The molecule has 0 saturated carbocycles. The normalized spacial score (nSPS) is 10.4. The van der Waals surface area contributed by atoms with Crippen LogP contribution in [0.2, 0.25) is 0 Å². The molecule has 0 radical (unpaired) electrons. The number of nitrogens with one attached hydrogen (secondary N) is 1. The van der Waals surface area contributed by atoms with Crippen LogP contribution in [0.1, 0.15) is 6.92 Å². The molecule has 1 aromatic rings. The number of anilines is 1. The van der Waals surface area contributed by atoms with Crippen molar-refractivity contribution >= 4 is 11.5 Å². The van der Waals surface area contributed by atoms with Crippen LogP contribution in [0, 0.1) is 10.1 Å². The first-order chi connectivity index (χ1) is 7.65. The second-order valence-electron chi connectivity index (χ2n) is 3.45. The minimum absolute atomic E-state index is 0.123. The Kier molecular flexibility index (Phi) is 4.65. The van der Waals surface area contributed by atoms with E-state index in [4.69, 9.17) is 0 Å². The summed E-state index contributed by atoms with van der Waals surface area (Å²) < 4.78 is 0. The lowest BCUT2D eigenvalue weighted by Crippen LogP contribution is -2.24. The number of nitrogens with zero attached hydrogens (tertiary/aromatic N) is 3. The molecule has 1 aromatic heterocycles. The fraction of sp³-hybridized carbons (Fsp3) is 0.500. The molecule has 0 aliphatic rings. The average Bonchev–Trinajstić information content (AvgIpc) is 2.29. The predicted molar refractivity (Wildman–Crippen MR) is 62.6 cm³/mol. The van der Waals surface area contributed by atoms with Crippen molar-refractivity contribution in [2.45, 2.75) is 6.92 Å². The van der Waals surface area contributed by atoms with E-state index in [0.29, 0.717) is 12.2 Å². The second kappa shape index (κ2) is 6.02. The van der Waals surface area contributed by atoms with Gasteiger partial charge in [-0.05, 0) is 35.6 Å². The van der Waals surface area contributed by atoms with Crippen LogP contribution in [0.25, 0.3) is 0 Å². The minimum Gasteiger partial charge on any atom is -0.377 e. The topological polar surface area (TPSA) is 71.3 Å². The molecule has 0 saturated heterocycles. The molecule has 88 valence electrons. The maximum atomic E-state index is 10.7. The zero-order valence-corrected chi connectivity index (χ0v) is 9.51. The van der Waals surface area contributed by atoms with Gasteiger partial charge in [-0.25, -0.2) is 0 Å². The van der Waals surface area contributed by atoms with Crippen molar-refractivity contribution in [1.82, 2.24) is 9.88 Å². The highest BCUT2D eigenvalue weighted by atomic mass is 16.6. The molecule has 0 aliphatic heterocycles. The Bertz CT molecular complexity index is 356. The first kappa shape index (κ1) is 12.4. The molecular formula is C10H16N4O2. The van der Waals surface area contributed by atoms with Gasteiger partial charge >= 0.3 is 5.82 Å². The number of nitro groups is 1. The minimum atomic E-state index is -0.480. The van der Waals surface area contributed by atoms with Crippen LogP contribution >= 0.6 is 0 Å². The fourth-order valence-corrected chi connectivity index (χ4v) is 1.22.